The summed E-state index contributed by atoms with van der Waals surface area (Å²) in [5, 5.41) is 1.85. The van der Waals surface area contributed by atoms with Crippen LogP contribution in [0.5, 0.6) is 0 Å². The first-order valence-electron chi connectivity index (χ1n) is 6.95. The Balaban J connectivity index is 1.67. The summed E-state index contributed by atoms with van der Waals surface area (Å²) in [6.07, 6.45) is 5.67. The number of benzene rings is 1. The normalized spacial score (nSPS) is 16.3. The maximum absolute atomic E-state index is 6.27. The predicted octanol–water partition coefficient (Wildman–Crippen LogP) is 5.31. The molecule has 1 aliphatic carbocycles. The van der Waals surface area contributed by atoms with Crippen LogP contribution in [0.2, 0.25) is 5.15 Å². The van der Waals surface area contributed by atoms with Crippen LogP contribution in [0.3, 0.4) is 0 Å². The average Bonchev–Trinajstić information content (AvgIpc) is 2.92. The molecule has 100 valence electrons. The quantitative estimate of drug-likeness (QED) is 0.708. The number of pyridine rings is 1. The molecule has 2 aromatic rings. The van der Waals surface area contributed by atoms with Crippen LogP contribution in [0.25, 0.3) is 10.9 Å². The summed E-state index contributed by atoms with van der Waals surface area (Å²) in [5.74, 6) is 3.17. The first kappa shape index (κ1) is 13.3. The Labute approximate surface area is 123 Å². The molecule has 0 spiro atoms. The molecule has 3 heteroatoms. The number of halogens is 1. The highest BCUT2D eigenvalue weighted by atomic mass is 35.5. The summed E-state index contributed by atoms with van der Waals surface area (Å²) in [4.78, 5) is 4.48. The Morgan fingerprint density at radius 1 is 1.21 bits per heavy atom. The fourth-order valence-electron chi connectivity index (χ4n) is 2.75. The summed E-state index contributed by atoms with van der Waals surface area (Å²) in [6.45, 7) is 0. The van der Waals surface area contributed by atoms with Crippen molar-refractivity contribution in [3.05, 3.63) is 41.0 Å². The minimum atomic E-state index is 0.664. The Morgan fingerprint density at radius 3 is 2.84 bits per heavy atom. The van der Waals surface area contributed by atoms with E-state index in [-0.39, 0.29) is 0 Å². The maximum Gasteiger partial charge on any atom is 0.133 e. The number of fused-ring (bicyclic) bond motifs is 1. The lowest BCUT2D eigenvalue weighted by molar-refractivity contribution is 0.623. The standard InChI is InChI=1S/C16H18ClNS/c17-16-14(11-19-10-12-5-1-2-6-12)9-13-7-3-4-8-15(13)18-16/h3-4,7-9,12H,1-2,5-6,10-11H2. The SMILES string of the molecule is Clc1nc2ccccc2cc1CSCC1CCCC1. The van der Waals surface area contributed by atoms with Crippen molar-refractivity contribution in [3.63, 3.8) is 0 Å². The second kappa shape index (κ2) is 6.15. The fraction of sp³-hybridized carbons (Fsp3) is 0.438. The van der Waals surface area contributed by atoms with Crippen LogP contribution < -0.4 is 0 Å². The molecule has 0 N–H and O–H groups in total. The van der Waals surface area contributed by atoms with E-state index in [4.69, 9.17) is 11.6 Å². The van der Waals surface area contributed by atoms with Gasteiger partial charge in [0.2, 0.25) is 0 Å². The number of para-hydroxylation sites is 1. The van der Waals surface area contributed by atoms with Gasteiger partial charge in [0.05, 0.1) is 5.52 Å². The number of aromatic nitrogens is 1. The van der Waals surface area contributed by atoms with Crippen molar-refractivity contribution >= 4 is 34.3 Å². The molecule has 1 fully saturated rings. The van der Waals surface area contributed by atoms with Gasteiger partial charge in [0.25, 0.3) is 0 Å². The molecule has 1 aromatic heterocycles. The molecular weight excluding hydrogens is 274 g/mol. The van der Waals surface area contributed by atoms with Gasteiger partial charge in [0.1, 0.15) is 5.15 Å². The van der Waals surface area contributed by atoms with E-state index in [1.807, 2.05) is 30.0 Å². The number of hydrogen-bond donors (Lipinski definition) is 0. The molecule has 1 nitrogen and oxygen atoms in total. The van der Waals surface area contributed by atoms with Crippen molar-refractivity contribution in [1.82, 2.24) is 4.98 Å². The van der Waals surface area contributed by atoms with Gasteiger partial charge >= 0.3 is 0 Å². The van der Waals surface area contributed by atoms with Crippen LogP contribution in [-0.4, -0.2) is 10.7 Å². The van der Waals surface area contributed by atoms with Gasteiger partial charge in [-0.05, 0) is 36.6 Å². The predicted molar refractivity (Wildman–Crippen MR) is 84.9 cm³/mol. The molecule has 0 radical (unpaired) electrons. The van der Waals surface area contributed by atoms with E-state index in [0.29, 0.717) is 5.15 Å². The molecule has 0 bridgehead atoms. The van der Waals surface area contributed by atoms with Gasteiger partial charge in [-0.1, -0.05) is 42.6 Å². The van der Waals surface area contributed by atoms with E-state index in [1.165, 1.54) is 42.4 Å². The second-order valence-corrected chi connectivity index (χ2v) is 6.68. The summed E-state index contributed by atoms with van der Waals surface area (Å²) in [7, 11) is 0. The molecular formula is C16H18ClNS. The van der Waals surface area contributed by atoms with E-state index in [9.17, 15) is 0 Å². The minimum absolute atomic E-state index is 0.664. The van der Waals surface area contributed by atoms with Crippen LogP contribution in [0.1, 0.15) is 31.2 Å². The zero-order chi connectivity index (χ0) is 13.1. The van der Waals surface area contributed by atoms with Crippen LogP contribution in [0, 0.1) is 5.92 Å². The maximum atomic E-state index is 6.27. The van der Waals surface area contributed by atoms with E-state index in [0.717, 1.165) is 17.2 Å². The first-order chi connectivity index (χ1) is 9.33. The van der Waals surface area contributed by atoms with Crippen molar-refractivity contribution in [2.45, 2.75) is 31.4 Å². The highest BCUT2D eigenvalue weighted by Gasteiger charge is 2.15. The lowest BCUT2D eigenvalue weighted by atomic mass is 10.1. The number of thioether (sulfide) groups is 1. The monoisotopic (exact) mass is 291 g/mol. The van der Waals surface area contributed by atoms with Gasteiger partial charge in [0.15, 0.2) is 0 Å². The largest absolute Gasteiger partial charge is 0.236 e. The van der Waals surface area contributed by atoms with Gasteiger partial charge in [-0.15, -0.1) is 0 Å². The molecule has 3 rings (SSSR count). The summed E-state index contributed by atoms with van der Waals surface area (Å²) < 4.78 is 0. The van der Waals surface area contributed by atoms with Crippen molar-refractivity contribution in [1.29, 1.82) is 0 Å². The van der Waals surface area contributed by atoms with E-state index < -0.39 is 0 Å². The van der Waals surface area contributed by atoms with Crippen molar-refractivity contribution < 1.29 is 0 Å². The molecule has 0 saturated heterocycles. The molecule has 1 aliphatic rings. The zero-order valence-corrected chi connectivity index (χ0v) is 12.5. The van der Waals surface area contributed by atoms with Gasteiger partial charge in [0, 0.05) is 16.7 Å². The molecule has 0 amide bonds. The topological polar surface area (TPSA) is 12.9 Å². The Hall–Kier alpha value is -0.730. The molecule has 0 atom stereocenters. The van der Waals surface area contributed by atoms with Crippen LogP contribution >= 0.6 is 23.4 Å². The van der Waals surface area contributed by atoms with E-state index in [1.54, 1.807) is 0 Å². The Morgan fingerprint density at radius 2 is 2.00 bits per heavy atom. The molecule has 0 unspecified atom stereocenters. The Kier molecular flexibility index (Phi) is 4.29. The summed E-state index contributed by atoms with van der Waals surface area (Å²) >= 11 is 8.28. The van der Waals surface area contributed by atoms with E-state index in [2.05, 4.69) is 17.1 Å². The van der Waals surface area contributed by atoms with Crippen molar-refractivity contribution in [2.75, 3.05) is 5.75 Å². The molecule has 1 heterocycles. The Bertz CT molecular complexity index is 564. The lowest BCUT2D eigenvalue weighted by Gasteiger charge is -2.09. The third-order valence-corrected chi connectivity index (χ3v) is 5.39. The van der Waals surface area contributed by atoms with Gasteiger partial charge in [-0.25, -0.2) is 4.98 Å². The zero-order valence-electron chi connectivity index (χ0n) is 10.9. The molecule has 1 aromatic carbocycles. The third kappa shape index (κ3) is 3.24. The van der Waals surface area contributed by atoms with Gasteiger partial charge in [-0.2, -0.15) is 11.8 Å². The molecule has 19 heavy (non-hydrogen) atoms. The molecule has 1 saturated carbocycles. The lowest BCUT2D eigenvalue weighted by Crippen LogP contribution is -1.97. The van der Waals surface area contributed by atoms with Gasteiger partial charge < -0.3 is 0 Å². The van der Waals surface area contributed by atoms with Crippen LogP contribution in [0.15, 0.2) is 30.3 Å². The third-order valence-electron chi connectivity index (χ3n) is 3.84. The van der Waals surface area contributed by atoms with Crippen LogP contribution in [-0.2, 0) is 5.75 Å². The first-order valence-corrected chi connectivity index (χ1v) is 8.48. The summed E-state index contributed by atoms with van der Waals surface area (Å²) in [6, 6.07) is 10.3. The van der Waals surface area contributed by atoms with Crippen molar-refractivity contribution in [2.24, 2.45) is 5.92 Å². The number of nitrogens with zero attached hydrogens (tertiary/aromatic N) is 1. The number of hydrogen-bond acceptors (Lipinski definition) is 2. The average molecular weight is 292 g/mol. The number of rotatable bonds is 4. The summed E-state index contributed by atoms with van der Waals surface area (Å²) in [5.41, 5.74) is 2.15. The highest BCUT2D eigenvalue weighted by molar-refractivity contribution is 7.98. The van der Waals surface area contributed by atoms with Gasteiger partial charge in [-0.3, -0.25) is 0 Å². The fourth-order valence-corrected chi connectivity index (χ4v) is 4.27. The minimum Gasteiger partial charge on any atom is -0.236 e. The van der Waals surface area contributed by atoms with Crippen LogP contribution in [0.4, 0.5) is 0 Å². The molecule has 0 aliphatic heterocycles. The van der Waals surface area contributed by atoms with Crippen molar-refractivity contribution in [3.8, 4) is 0 Å². The highest BCUT2D eigenvalue weighted by Crippen LogP contribution is 2.30. The smallest absolute Gasteiger partial charge is 0.133 e. The van der Waals surface area contributed by atoms with E-state index >= 15 is 0 Å². The second-order valence-electron chi connectivity index (χ2n) is 5.30.